The summed E-state index contributed by atoms with van der Waals surface area (Å²) in [5, 5.41) is 0. The van der Waals surface area contributed by atoms with Crippen molar-refractivity contribution in [3.8, 4) is 0 Å². The molecule has 0 fully saturated rings. The Hall–Kier alpha value is 2.27. The molecule has 2 N–H and O–H groups in total. The standard InChI is InChI=1S/C4H12N.2Na.H2O.S/c1-5(2,3)4;;;;/h1-4H3;;;1H2;/q3*+1;;-2. The second-order valence-electron chi connectivity index (χ2n) is 2.68. The molecule has 0 unspecified atom stereocenters. The van der Waals surface area contributed by atoms with E-state index in [0.717, 1.165) is 4.48 Å². The van der Waals surface area contributed by atoms with Gasteiger partial charge in [-0.15, -0.1) is 0 Å². The van der Waals surface area contributed by atoms with Gasteiger partial charge in [-0.05, 0) is 0 Å². The van der Waals surface area contributed by atoms with E-state index in [9.17, 15) is 0 Å². The van der Waals surface area contributed by atoms with E-state index in [4.69, 9.17) is 0 Å². The molecule has 2 nitrogen and oxygen atoms in total. The molecule has 0 atom stereocenters. The molecule has 0 saturated heterocycles. The zero-order chi connectivity index (χ0) is 4.50. The Labute approximate surface area is 109 Å². The first-order valence-corrected chi connectivity index (χ1v) is 1.79. The van der Waals surface area contributed by atoms with Crippen molar-refractivity contribution < 1.29 is 69.1 Å². The van der Waals surface area contributed by atoms with Gasteiger partial charge in [-0.3, -0.25) is 0 Å². The van der Waals surface area contributed by atoms with E-state index in [1.807, 2.05) is 0 Å². The Morgan fingerprint density at radius 2 is 0.778 bits per heavy atom. The van der Waals surface area contributed by atoms with E-state index in [1.165, 1.54) is 0 Å². The number of quaternary nitrogens is 1. The number of hydrogen-bond donors (Lipinski definition) is 0. The van der Waals surface area contributed by atoms with Crippen molar-refractivity contribution >= 4 is 13.5 Å². The maximum Gasteiger partial charge on any atom is 1.00 e. The van der Waals surface area contributed by atoms with Crippen molar-refractivity contribution in [2.75, 3.05) is 28.2 Å². The van der Waals surface area contributed by atoms with Gasteiger partial charge in [0, 0.05) is 0 Å². The number of nitrogens with zero attached hydrogens (tertiary/aromatic N) is 1. The molecule has 0 rings (SSSR count). The van der Waals surface area contributed by atoms with Gasteiger partial charge in [-0.2, -0.15) is 0 Å². The molecule has 48 valence electrons. The minimum atomic E-state index is 0. The second-order valence-corrected chi connectivity index (χ2v) is 2.68. The minimum Gasteiger partial charge on any atom is -2.00 e. The molecule has 0 aliphatic heterocycles. The largest absolute Gasteiger partial charge is 2.00 e. The van der Waals surface area contributed by atoms with Crippen LogP contribution in [-0.2, 0) is 13.5 Å². The molecule has 9 heavy (non-hydrogen) atoms. The van der Waals surface area contributed by atoms with Crippen LogP contribution >= 0.6 is 0 Å². The normalized spacial score (nSPS) is 6.67. The molecule has 0 saturated carbocycles. The molecule has 0 aromatic rings. The molecule has 0 bridgehead atoms. The van der Waals surface area contributed by atoms with Crippen LogP contribution in [-0.4, -0.2) is 38.1 Å². The molecular weight excluding hydrogens is 156 g/mol. The van der Waals surface area contributed by atoms with E-state index < -0.39 is 0 Å². The van der Waals surface area contributed by atoms with Gasteiger partial charge in [-0.1, -0.05) is 0 Å². The van der Waals surface area contributed by atoms with Crippen molar-refractivity contribution in [2.45, 2.75) is 0 Å². The Morgan fingerprint density at radius 3 is 0.778 bits per heavy atom. The Kier molecular flexibility index (Phi) is 43.4. The quantitative estimate of drug-likeness (QED) is 0.256. The third-order valence-electron chi connectivity index (χ3n) is 0. The Balaban J connectivity index is -0.0000000133. The fourth-order valence-corrected chi connectivity index (χ4v) is 0. The molecule has 0 aromatic carbocycles. The SMILES string of the molecule is C[N+](C)(C)C.O.[Na+].[Na+].[S-2]. The number of hydrogen-bond acceptors (Lipinski definition) is 0. The average molecular weight is 170 g/mol. The van der Waals surface area contributed by atoms with Crippen molar-refractivity contribution in [1.82, 2.24) is 0 Å². The van der Waals surface area contributed by atoms with Crippen LogP contribution in [0.15, 0.2) is 0 Å². The minimum absolute atomic E-state index is 0. The summed E-state index contributed by atoms with van der Waals surface area (Å²) in [7, 11) is 8.50. The van der Waals surface area contributed by atoms with Crippen LogP contribution in [0.25, 0.3) is 0 Å². The van der Waals surface area contributed by atoms with Gasteiger partial charge in [0.2, 0.25) is 0 Å². The van der Waals surface area contributed by atoms with Gasteiger partial charge in [0.1, 0.15) is 0 Å². The summed E-state index contributed by atoms with van der Waals surface area (Å²) in [6, 6.07) is 0. The van der Waals surface area contributed by atoms with E-state index in [2.05, 4.69) is 28.2 Å². The van der Waals surface area contributed by atoms with Crippen molar-refractivity contribution in [3.63, 3.8) is 0 Å². The first-order chi connectivity index (χ1) is 2.00. The topological polar surface area (TPSA) is 31.5 Å². The monoisotopic (exact) mass is 170 g/mol. The van der Waals surface area contributed by atoms with E-state index in [1.54, 1.807) is 0 Å². The second kappa shape index (κ2) is 12.9. The molecule has 0 amide bonds. The molecule has 0 aliphatic carbocycles. The van der Waals surface area contributed by atoms with Crippen LogP contribution in [0, 0.1) is 0 Å². The molecule has 0 heterocycles. The molecule has 0 radical (unpaired) electrons. The molecule has 5 heteroatoms. The summed E-state index contributed by atoms with van der Waals surface area (Å²) in [4.78, 5) is 0. The van der Waals surface area contributed by atoms with Crippen LogP contribution in [0.1, 0.15) is 0 Å². The van der Waals surface area contributed by atoms with Gasteiger partial charge in [0.05, 0.1) is 28.2 Å². The predicted molar refractivity (Wildman–Crippen MR) is 34.9 cm³/mol. The van der Waals surface area contributed by atoms with Gasteiger partial charge in [0.15, 0.2) is 0 Å². The van der Waals surface area contributed by atoms with Gasteiger partial charge in [0.25, 0.3) is 0 Å². The first kappa shape index (κ1) is 30.2. The smallest absolute Gasteiger partial charge is 1.00 e. The molecular formula is C4H14NNa2OS+. The Bertz CT molecular complexity index is 34.0. The Morgan fingerprint density at radius 1 is 0.778 bits per heavy atom. The molecule has 0 aromatic heterocycles. The van der Waals surface area contributed by atoms with Crippen LogP contribution in [0.2, 0.25) is 0 Å². The third-order valence-corrected chi connectivity index (χ3v) is 0. The van der Waals surface area contributed by atoms with E-state index >= 15 is 0 Å². The van der Waals surface area contributed by atoms with E-state index in [-0.39, 0.29) is 78.1 Å². The summed E-state index contributed by atoms with van der Waals surface area (Å²) in [6.07, 6.45) is 0. The third kappa shape index (κ3) is 136. The van der Waals surface area contributed by atoms with Crippen LogP contribution < -0.4 is 59.1 Å². The summed E-state index contributed by atoms with van der Waals surface area (Å²) < 4.78 is 1.00. The molecule has 0 spiro atoms. The maximum atomic E-state index is 2.12. The van der Waals surface area contributed by atoms with Gasteiger partial charge < -0.3 is 23.5 Å². The van der Waals surface area contributed by atoms with Gasteiger partial charge >= 0.3 is 59.1 Å². The molecule has 0 aliphatic rings. The summed E-state index contributed by atoms with van der Waals surface area (Å²) in [6.45, 7) is 0. The number of rotatable bonds is 0. The summed E-state index contributed by atoms with van der Waals surface area (Å²) in [5.41, 5.74) is 0. The van der Waals surface area contributed by atoms with Crippen LogP contribution in [0.3, 0.4) is 0 Å². The average Bonchev–Trinajstić information content (AvgIpc) is 0.722. The fraction of sp³-hybridized carbons (Fsp3) is 1.00. The maximum absolute atomic E-state index is 2.12. The fourth-order valence-electron chi connectivity index (χ4n) is 0. The predicted octanol–water partition coefficient (Wildman–Crippen LogP) is -6.50. The zero-order valence-electron chi connectivity index (χ0n) is 7.36. The summed E-state index contributed by atoms with van der Waals surface area (Å²) >= 11 is 0. The first-order valence-electron chi connectivity index (χ1n) is 1.79. The van der Waals surface area contributed by atoms with Gasteiger partial charge in [-0.25, -0.2) is 0 Å². The van der Waals surface area contributed by atoms with Crippen molar-refractivity contribution in [1.29, 1.82) is 0 Å². The van der Waals surface area contributed by atoms with Crippen molar-refractivity contribution in [3.05, 3.63) is 0 Å². The van der Waals surface area contributed by atoms with Crippen LogP contribution in [0.5, 0.6) is 0 Å². The van der Waals surface area contributed by atoms with Crippen LogP contribution in [0.4, 0.5) is 0 Å². The van der Waals surface area contributed by atoms with Crippen molar-refractivity contribution in [2.24, 2.45) is 0 Å². The zero-order valence-corrected chi connectivity index (χ0v) is 12.2. The summed E-state index contributed by atoms with van der Waals surface area (Å²) in [5.74, 6) is 0. The van der Waals surface area contributed by atoms with E-state index in [0.29, 0.717) is 0 Å².